The van der Waals surface area contributed by atoms with Gasteiger partial charge in [-0.25, -0.2) is 4.98 Å². The van der Waals surface area contributed by atoms with Crippen molar-refractivity contribution in [1.29, 1.82) is 5.26 Å². The summed E-state index contributed by atoms with van der Waals surface area (Å²) in [4.78, 5) is 6.67. The molecule has 1 fully saturated rings. The first kappa shape index (κ1) is 21.6. The Morgan fingerprint density at radius 2 is 2.07 bits per heavy atom. The van der Waals surface area contributed by atoms with Gasteiger partial charge in [-0.3, -0.25) is 0 Å². The molecule has 1 aliphatic rings. The summed E-state index contributed by atoms with van der Waals surface area (Å²) < 4.78 is 10.5. The van der Waals surface area contributed by atoms with Crippen molar-refractivity contribution in [3.05, 3.63) is 22.5 Å². The van der Waals surface area contributed by atoms with Crippen LogP contribution in [0, 0.1) is 11.3 Å². The van der Waals surface area contributed by atoms with Gasteiger partial charge in [-0.1, -0.05) is 0 Å². The first-order valence-electron chi connectivity index (χ1n) is 8.99. The number of hydrogen-bond donors (Lipinski definition) is 2. The lowest BCUT2D eigenvalue weighted by Crippen LogP contribution is -2.39. The zero-order chi connectivity index (χ0) is 19.8. The van der Waals surface area contributed by atoms with Crippen molar-refractivity contribution in [3.63, 3.8) is 0 Å². The molecule has 0 aliphatic heterocycles. The van der Waals surface area contributed by atoms with E-state index in [1.165, 1.54) is 0 Å². The molecule has 1 saturated carbocycles. The Morgan fingerprint density at radius 1 is 1.41 bits per heavy atom. The van der Waals surface area contributed by atoms with Crippen LogP contribution >= 0.6 is 15.9 Å². The van der Waals surface area contributed by atoms with Crippen LogP contribution in [0.3, 0.4) is 0 Å². The molecule has 0 aromatic carbocycles. The van der Waals surface area contributed by atoms with E-state index in [-0.39, 0.29) is 12.4 Å². The zero-order valence-corrected chi connectivity index (χ0v) is 17.6. The average molecular weight is 439 g/mol. The van der Waals surface area contributed by atoms with Crippen molar-refractivity contribution >= 4 is 32.7 Å². The molecule has 2 aromatic heterocycles. The summed E-state index contributed by atoms with van der Waals surface area (Å²) in [7, 11) is 5.33. The van der Waals surface area contributed by atoms with Gasteiger partial charge < -0.3 is 24.5 Å². The second-order valence-electron chi connectivity index (χ2n) is 6.68. The molecular weight excluding hydrogens is 412 g/mol. The number of halogens is 1. The number of aromatic nitrogens is 1. The van der Waals surface area contributed by atoms with E-state index in [1.54, 1.807) is 26.5 Å². The van der Waals surface area contributed by atoms with Crippen molar-refractivity contribution in [2.24, 2.45) is 0 Å². The standard InChI is InChI=1S/C17H21BrN4O2.C2H6O/c1-22(6-7-23)12-4-2-11(3-5-12)21-17-16(18)14-8-13(9-19)24-15(14)10-20-17;1-3-2/h8,10-12,23H,2-7H2,1H3,(H,20,21);1-2H3. The average Bonchev–Trinajstić information content (AvgIpc) is 3.10. The lowest BCUT2D eigenvalue weighted by molar-refractivity contribution is 0.149. The second kappa shape index (κ2) is 10.6. The van der Waals surface area contributed by atoms with E-state index in [0.29, 0.717) is 17.7 Å². The maximum atomic E-state index is 9.06. The van der Waals surface area contributed by atoms with Gasteiger partial charge in [-0.15, -0.1) is 0 Å². The molecule has 0 atom stereocenters. The van der Waals surface area contributed by atoms with Crippen LogP contribution < -0.4 is 5.32 Å². The van der Waals surface area contributed by atoms with Gasteiger partial charge in [-0.2, -0.15) is 5.26 Å². The molecule has 8 heteroatoms. The summed E-state index contributed by atoms with van der Waals surface area (Å²) in [6, 6.07) is 4.67. The van der Waals surface area contributed by atoms with Gasteiger partial charge in [0.15, 0.2) is 5.58 Å². The van der Waals surface area contributed by atoms with Gasteiger partial charge >= 0.3 is 0 Å². The maximum absolute atomic E-state index is 9.06. The second-order valence-corrected chi connectivity index (χ2v) is 7.48. The number of nitrogens with zero attached hydrogens (tertiary/aromatic N) is 3. The quantitative estimate of drug-likeness (QED) is 0.738. The van der Waals surface area contributed by atoms with E-state index in [1.807, 2.05) is 6.07 Å². The Bertz CT molecular complexity index is 766. The van der Waals surface area contributed by atoms with Gasteiger partial charge in [0.05, 0.1) is 17.3 Å². The Labute approximate surface area is 168 Å². The Morgan fingerprint density at radius 3 is 2.67 bits per heavy atom. The lowest BCUT2D eigenvalue weighted by atomic mass is 9.90. The van der Waals surface area contributed by atoms with Gasteiger partial charge in [0, 0.05) is 44.3 Å². The van der Waals surface area contributed by atoms with Gasteiger partial charge in [0.2, 0.25) is 5.76 Å². The van der Waals surface area contributed by atoms with Crippen molar-refractivity contribution < 1.29 is 14.3 Å². The van der Waals surface area contributed by atoms with Crippen LogP contribution in [-0.4, -0.2) is 61.5 Å². The van der Waals surface area contributed by atoms with Crippen LogP contribution in [0.4, 0.5) is 5.82 Å². The fourth-order valence-electron chi connectivity index (χ4n) is 3.33. The molecule has 0 radical (unpaired) electrons. The van der Waals surface area contributed by atoms with E-state index in [4.69, 9.17) is 14.8 Å². The highest BCUT2D eigenvalue weighted by Gasteiger charge is 2.24. The molecule has 0 bridgehead atoms. The molecule has 2 heterocycles. The minimum Gasteiger partial charge on any atom is -0.444 e. The summed E-state index contributed by atoms with van der Waals surface area (Å²) in [6.07, 6.45) is 6.02. The fourth-order valence-corrected chi connectivity index (χ4v) is 3.86. The smallest absolute Gasteiger partial charge is 0.204 e. The fraction of sp³-hybridized carbons (Fsp3) is 0.579. The summed E-state index contributed by atoms with van der Waals surface area (Å²) >= 11 is 3.58. The predicted octanol–water partition coefficient (Wildman–Crippen LogP) is 3.37. The Balaban J connectivity index is 0.000000817. The van der Waals surface area contributed by atoms with Gasteiger partial charge in [0.1, 0.15) is 11.9 Å². The largest absolute Gasteiger partial charge is 0.444 e. The molecule has 2 N–H and O–H groups in total. The zero-order valence-electron chi connectivity index (χ0n) is 16.0. The number of fused-ring (bicyclic) bond motifs is 1. The number of methoxy groups -OCH3 is 1. The molecule has 0 unspecified atom stereocenters. The van der Waals surface area contributed by atoms with Crippen LogP contribution in [0.5, 0.6) is 0 Å². The number of aliphatic hydroxyl groups is 1. The normalized spacial score (nSPS) is 19.4. The Hall–Kier alpha value is -1.66. The first-order chi connectivity index (χ1) is 13.0. The highest BCUT2D eigenvalue weighted by Crippen LogP contribution is 2.33. The Kier molecular flexibility index (Phi) is 8.51. The van der Waals surface area contributed by atoms with Crippen LogP contribution in [-0.2, 0) is 4.74 Å². The van der Waals surface area contributed by atoms with E-state index >= 15 is 0 Å². The van der Waals surface area contributed by atoms with Crippen molar-refractivity contribution in [2.45, 2.75) is 37.8 Å². The highest BCUT2D eigenvalue weighted by atomic mass is 79.9. The van der Waals surface area contributed by atoms with E-state index in [0.717, 1.165) is 47.9 Å². The topological polar surface area (TPSA) is 94.5 Å². The number of aliphatic hydroxyl groups excluding tert-OH is 1. The molecule has 2 aromatic rings. The van der Waals surface area contributed by atoms with Crippen molar-refractivity contribution in [1.82, 2.24) is 9.88 Å². The molecule has 1 aliphatic carbocycles. The molecule has 0 amide bonds. The highest BCUT2D eigenvalue weighted by molar-refractivity contribution is 9.10. The number of nitriles is 1. The molecule has 148 valence electrons. The number of hydrogen-bond acceptors (Lipinski definition) is 7. The number of ether oxygens (including phenoxy) is 1. The monoisotopic (exact) mass is 438 g/mol. The third-order valence-electron chi connectivity index (χ3n) is 4.74. The number of pyridine rings is 1. The third-order valence-corrected chi connectivity index (χ3v) is 5.54. The van der Waals surface area contributed by atoms with Crippen LogP contribution in [0.2, 0.25) is 0 Å². The van der Waals surface area contributed by atoms with Gasteiger partial charge in [0.25, 0.3) is 0 Å². The van der Waals surface area contributed by atoms with E-state index < -0.39 is 0 Å². The minimum absolute atomic E-state index is 0.209. The number of nitrogens with one attached hydrogen (secondary N) is 1. The van der Waals surface area contributed by atoms with Crippen molar-refractivity contribution in [3.8, 4) is 6.07 Å². The molecule has 27 heavy (non-hydrogen) atoms. The van der Waals surface area contributed by atoms with E-state index in [2.05, 4.69) is 42.9 Å². The SMILES string of the molecule is CN(CCO)C1CCC(Nc2ncc3oc(C#N)cc3c2Br)CC1.COC. The maximum Gasteiger partial charge on any atom is 0.204 e. The summed E-state index contributed by atoms with van der Waals surface area (Å²) in [5, 5.41) is 22.4. The number of anilines is 1. The van der Waals surface area contributed by atoms with E-state index in [9.17, 15) is 0 Å². The van der Waals surface area contributed by atoms with Crippen LogP contribution in [0.1, 0.15) is 31.4 Å². The van der Waals surface area contributed by atoms with Crippen molar-refractivity contribution in [2.75, 3.05) is 39.7 Å². The van der Waals surface area contributed by atoms with Gasteiger partial charge in [-0.05, 0) is 48.7 Å². The summed E-state index contributed by atoms with van der Waals surface area (Å²) in [5.41, 5.74) is 0.610. The number of furan rings is 1. The third kappa shape index (κ3) is 5.66. The van der Waals surface area contributed by atoms with Crippen LogP contribution in [0.25, 0.3) is 11.0 Å². The molecule has 7 nitrogen and oxygen atoms in total. The molecule has 0 saturated heterocycles. The lowest BCUT2D eigenvalue weighted by Gasteiger charge is -2.35. The number of rotatable bonds is 5. The molecular formula is C19H27BrN4O3. The number of likely N-dealkylation sites (N-methyl/N-ethyl adjacent to an activating group) is 1. The summed E-state index contributed by atoms with van der Waals surface area (Å²) in [6.45, 7) is 0.940. The predicted molar refractivity (Wildman–Crippen MR) is 109 cm³/mol. The molecule has 0 spiro atoms. The molecule has 3 rings (SSSR count). The summed E-state index contributed by atoms with van der Waals surface area (Å²) in [5.74, 6) is 1.08. The minimum atomic E-state index is 0.209. The first-order valence-corrected chi connectivity index (χ1v) is 9.79. The van der Waals surface area contributed by atoms with Crippen LogP contribution in [0.15, 0.2) is 21.2 Å².